The molecule has 6 heteroatoms. The summed E-state index contributed by atoms with van der Waals surface area (Å²) in [7, 11) is 0. The van der Waals surface area contributed by atoms with Gasteiger partial charge in [-0.05, 0) is 18.2 Å². The van der Waals surface area contributed by atoms with Gasteiger partial charge in [-0.1, -0.05) is 12.1 Å². The molecule has 0 unspecified atom stereocenters. The van der Waals surface area contributed by atoms with Crippen LogP contribution >= 0.6 is 0 Å². The Bertz CT molecular complexity index is 617. The maximum absolute atomic E-state index is 8.83. The molecule has 0 amide bonds. The monoisotopic (exact) mass is 252 g/mol. The lowest BCUT2D eigenvalue weighted by atomic mass is 10.2. The molecule has 0 aliphatic rings. The molecule has 0 atom stereocenters. The summed E-state index contributed by atoms with van der Waals surface area (Å²) in [5.41, 5.74) is 1.35. The van der Waals surface area contributed by atoms with Crippen LogP contribution in [0.5, 0.6) is 0 Å². The van der Waals surface area contributed by atoms with Crippen molar-refractivity contribution in [1.82, 2.24) is 15.2 Å². The second-order valence-electron chi connectivity index (χ2n) is 3.65. The van der Waals surface area contributed by atoms with Gasteiger partial charge in [0.15, 0.2) is 5.82 Å². The maximum Gasteiger partial charge on any atom is 0.244 e. The first-order valence-corrected chi connectivity index (χ1v) is 5.63. The number of nitrogens with one attached hydrogen (secondary N) is 2. The van der Waals surface area contributed by atoms with E-state index >= 15 is 0 Å². The van der Waals surface area contributed by atoms with Crippen molar-refractivity contribution >= 4 is 17.5 Å². The fourth-order valence-corrected chi connectivity index (χ4v) is 1.42. The Kier molecular flexibility index (Phi) is 4.03. The summed E-state index contributed by atoms with van der Waals surface area (Å²) < 4.78 is 0. The van der Waals surface area contributed by atoms with Gasteiger partial charge in [0.2, 0.25) is 5.95 Å². The smallest absolute Gasteiger partial charge is 0.244 e. The van der Waals surface area contributed by atoms with Crippen molar-refractivity contribution in [3.8, 4) is 6.07 Å². The van der Waals surface area contributed by atoms with Gasteiger partial charge in [-0.2, -0.15) is 15.3 Å². The number of hydrogen-bond acceptors (Lipinski definition) is 6. The van der Waals surface area contributed by atoms with Gasteiger partial charge in [0.1, 0.15) is 0 Å². The Morgan fingerprint density at radius 1 is 1.42 bits per heavy atom. The van der Waals surface area contributed by atoms with Crippen molar-refractivity contribution in [2.45, 2.75) is 0 Å². The third-order valence-electron chi connectivity index (χ3n) is 2.23. The van der Waals surface area contributed by atoms with Crippen LogP contribution < -0.4 is 10.6 Å². The van der Waals surface area contributed by atoms with E-state index in [1.165, 1.54) is 6.20 Å². The van der Waals surface area contributed by atoms with Gasteiger partial charge in [0.05, 0.1) is 17.8 Å². The lowest BCUT2D eigenvalue weighted by Gasteiger charge is -2.06. The fourth-order valence-electron chi connectivity index (χ4n) is 1.42. The van der Waals surface area contributed by atoms with Gasteiger partial charge >= 0.3 is 0 Å². The van der Waals surface area contributed by atoms with Crippen molar-refractivity contribution in [2.75, 3.05) is 17.2 Å². The van der Waals surface area contributed by atoms with E-state index in [1.54, 1.807) is 24.3 Å². The summed E-state index contributed by atoms with van der Waals surface area (Å²) in [6.07, 6.45) is 3.22. The minimum Gasteiger partial charge on any atom is -0.349 e. The van der Waals surface area contributed by atoms with Crippen LogP contribution in [0.2, 0.25) is 0 Å². The minimum atomic E-state index is 0.418. The van der Waals surface area contributed by atoms with Gasteiger partial charge in [0, 0.05) is 12.2 Å². The van der Waals surface area contributed by atoms with Crippen LogP contribution in [0, 0.1) is 11.3 Å². The molecular formula is C13H12N6. The van der Waals surface area contributed by atoms with Crippen LogP contribution in [0.4, 0.5) is 17.5 Å². The van der Waals surface area contributed by atoms with E-state index in [2.05, 4.69) is 38.5 Å². The van der Waals surface area contributed by atoms with Gasteiger partial charge in [-0.15, -0.1) is 11.7 Å². The quantitative estimate of drug-likeness (QED) is 0.792. The van der Waals surface area contributed by atoms with Crippen LogP contribution in [-0.4, -0.2) is 21.7 Å². The molecule has 2 N–H and O–H groups in total. The van der Waals surface area contributed by atoms with Gasteiger partial charge in [-0.3, -0.25) is 0 Å². The summed E-state index contributed by atoms with van der Waals surface area (Å²) in [6.45, 7) is 4.16. The van der Waals surface area contributed by atoms with Gasteiger partial charge in [-0.25, -0.2) is 0 Å². The third-order valence-corrected chi connectivity index (χ3v) is 2.23. The van der Waals surface area contributed by atoms with E-state index in [-0.39, 0.29) is 0 Å². The molecular weight excluding hydrogens is 240 g/mol. The second kappa shape index (κ2) is 6.12. The first-order chi connectivity index (χ1) is 9.31. The lowest BCUT2D eigenvalue weighted by Crippen LogP contribution is -2.05. The summed E-state index contributed by atoms with van der Waals surface area (Å²) in [5, 5.41) is 22.5. The number of nitriles is 1. The molecule has 0 radical (unpaired) electrons. The zero-order valence-corrected chi connectivity index (χ0v) is 10.2. The zero-order valence-electron chi connectivity index (χ0n) is 10.2. The molecule has 0 aliphatic heterocycles. The molecule has 0 saturated carbocycles. The number of nitrogens with zero attached hydrogens (tertiary/aromatic N) is 4. The molecule has 1 heterocycles. The largest absolute Gasteiger partial charge is 0.349 e. The average molecular weight is 252 g/mol. The van der Waals surface area contributed by atoms with E-state index in [1.807, 2.05) is 6.07 Å². The second-order valence-corrected chi connectivity index (χ2v) is 3.65. The van der Waals surface area contributed by atoms with E-state index in [0.29, 0.717) is 23.9 Å². The third kappa shape index (κ3) is 3.51. The molecule has 6 nitrogen and oxygen atoms in total. The van der Waals surface area contributed by atoms with Crippen LogP contribution in [0.25, 0.3) is 0 Å². The first-order valence-electron chi connectivity index (χ1n) is 5.63. The molecule has 0 spiro atoms. The average Bonchev–Trinajstić information content (AvgIpc) is 2.46. The molecule has 1 aromatic heterocycles. The Morgan fingerprint density at radius 3 is 3.11 bits per heavy atom. The van der Waals surface area contributed by atoms with Crippen molar-refractivity contribution in [1.29, 1.82) is 5.26 Å². The molecule has 0 saturated heterocycles. The van der Waals surface area contributed by atoms with Crippen LogP contribution in [0.3, 0.4) is 0 Å². The number of rotatable bonds is 5. The van der Waals surface area contributed by atoms with E-state index in [4.69, 9.17) is 5.26 Å². The molecule has 0 aliphatic carbocycles. The number of hydrogen-bond donors (Lipinski definition) is 2. The molecule has 2 aromatic rings. The highest BCUT2D eigenvalue weighted by molar-refractivity contribution is 5.58. The Morgan fingerprint density at radius 2 is 2.32 bits per heavy atom. The van der Waals surface area contributed by atoms with E-state index in [0.717, 1.165) is 5.69 Å². The molecule has 0 bridgehead atoms. The predicted molar refractivity (Wildman–Crippen MR) is 73.0 cm³/mol. The summed E-state index contributed by atoms with van der Waals surface area (Å²) in [4.78, 5) is 4.23. The van der Waals surface area contributed by atoms with Crippen molar-refractivity contribution in [3.63, 3.8) is 0 Å². The first kappa shape index (κ1) is 12.5. The highest BCUT2D eigenvalue weighted by atomic mass is 15.3. The minimum absolute atomic E-state index is 0.418. The Labute approximate surface area is 110 Å². The van der Waals surface area contributed by atoms with E-state index in [9.17, 15) is 0 Å². The van der Waals surface area contributed by atoms with Crippen molar-refractivity contribution in [2.24, 2.45) is 0 Å². The molecule has 94 valence electrons. The topological polar surface area (TPSA) is 86.5 Å². The number of aromatic nitrogens is 3. The lowest BCUT2D eigenvalue weighted by molar-refractivity contribution is 0.968. The number of anilines is 3. The Hall–Kier alpha value is -2.94. The SMILES string of the molecule is C=CCNc1nncc(Nc2cccc(C#N)c2)n1. The summed E-state index contributed by atoms with van der Waals surface area (Å²) in [5.74, 6) is 0.970. The molecule has 0 fully saturated rings. The van der Waals surface area contributed by atoms with Crippen LogP contribution in [0.1, 0.15) is 5.56 Å². The molecule has 1 aromatic carbocycles. The predicted octanol–water partition coefficient (Wildman–Crippen LogP) is 2.08. The van der Waals surface area contributed by atoms with Gasteiger partial charge in [0.25, 0.3) is 0 Å². The highest BCUT2D eigenvalue weighted by Crippen LogP contribution is 2.15. The Balaban J connectivity index is 2.14. The van der Waals surface area contributed by atoms with E-state index < -0.39 is 0 Å². The molecule has 19 heavy (non-hydrogen) atoms. The van der Waals surface area contributed by atoms with Gasteiger partial charge < -0.3 is 10.6 Å². The summed E-state index contributed by atoms with van der Waals surface area (Å²) >= 11 is 0. The standard InChI is InChI=1S/C13H12N6/c1-2-6-15-13-18-12(9-16-19-13)17-11-5-3-4-10(7-11)8-14/h2-5,7,9H,1,6H2,(H2,15,17,18,19). The number of benzene rings is 1. The van der Waals surface area contributed by atoms with Crippen LogP contribution in [0.15, 0.2) is 43.1 Å². The maximum atomic E-state index is 8.83. The van der Waals surface area contributed by atoms with Crippen molar-refractivity contribution in [3.05, 3.63) is 48.7 Å². The zero-order chi connectivity index (χ0) is 13.5. The highest BCUT2D eigenvalue weighted by Gasteiger charge is 2.01. The fraction of sp³-hybridized carbons (Fsp3) is 0.0769. The normalized spacial score (nSPS) is 9.42. The summed E-state index contributed by atoms with van der Waals surface area (Å²) in [6, 6.07) is 9.20. The van der Waals surface area contributed by atoms with Crippen LogP contribution in [-0.2, 0) is 0 Å². The van der Waals surface area contributed by atoms with Crippen molar-refractivity contribution < 1.29 is 0 Å². The molecule has 2 rings (SSSR count).